The van der Waals surface area contributed by atoms with Gasteiger partial charge >= 0.3 is 0 Å². The number of carbonyl (C=O) groups excluding carboxylic acids is 2. The second-order valence-corrected chi connectivity index (χ2v) is 6.66. The Morgan fingerprint density at radius 1 is 0.897 bits per heavy atom. The number of carbonyl (C=O) groups is 2. The number of amides is 1. The van der Waals surface area contributed by atoms with Gasteiger partial charge in [-0.1, -0.05) is 19.1 Å². The van der Waals surface area contributed by atoms with Crippen LogP contribution >= 0.6 is 0 Å². The van der Waals surface area contributed by atoms with E-state index in [1.54, 1.807) is 31.2 Å². The van der Waals surface area contributed by atoms with Crippen LogP contribution in [-0.2, 0) is 11.2 Å². The number of aryl methyl sites for hydroxylation is 1. The molecule has 0 fully saturated rings. The van der Waals surface area contributed by atoms with E-state index < -0.39 is 6.10 Å². The minimum Gasteiger partial charge on any atom is -0.481 e. The fourth-order valence-electron chi connectivity index (χ4n) is 2.78. The molecule has 3 rings (SSSR count). The van der Waals surface area contributed by atoms with Gasteiger partial charge in [0, 0.05) is 16.8 Å². The van der Waals surface area contributed by atoms with E-state index >= 15 is 0 Å². The Labute approximate surface area is 169 Å². The van der Waals surface area contributed by atoms with E-state index in [0.29, 0.717) is 22.6 Å². The summed E-state index contributed by atoms with van der Waals surface area (Å²) in [7, 11) is 0. The molecule has 0 bridgehead atoms. The Hall–Kier alpha value is -3.47. The van der Waals surface area contributed by atoms with Gasteiger partial charge in [0.15, 0.2) is 11.9 Å². The summed E-state index contributed by atoms with van der Waals surface area (Å²) in [5, 5.41) is 2.82. The average Bonchev–Trinajstić information content (AvgIpc) is 2.75. The zero-order chi connectivity index (χ0) is 20.8. The number of hydrogen-bond acceptors (Lipinski definition) is 3. The number of ketones is 1. The molecule has 3 aromatic rings. The highest BCUT2D eigenvalue weighted by molar-refractivity contribution is 6.09. The Morgan fingerprint density at radius 3 is 2.00 bits per heavy atom. The maximum atomic E-state index is 13.0. The third kappa shape index (κ3) is 5.29. The minimum absolute atomic E-state index is 0.210. The van der Waals surface area contributed by atoms with Crippen LogP contribution < -0.4 is 10.1 Å². The lowest BCUT2D eigenvalue weighted by atomic mass is 10.0. The second kappa shape index (κ2) is 9.15. The van der Waals surface area contributed by atoms with Gasteiger partial charge in [0.25, 0.3) is 5.91 Å². The highest BCUT2D eigenvalue weighted by Crippen LogP contribution is 2.18. The van der Waals surface area contributed by atoms with Crippen LogP contribution in [0.15, 0.2) is 72.8 Å². The topological polar surface area (TPSA) is 55.4 Å². The molecule has 1 N–H and O–H groups in total. The summed E-state index contributed by atoms with van der Waals surface area (Å²) >= 11 is 0. The number of halogens is 1. The Bertz CT molecular complexity index is 980. The van der Waals surface area contributed by atoms with E-state index in [-0.39, 0.29) is 17.5 Å². The van der Waals surface area contributed by atoms with Crippen LogP contribution in [0.2, 0.25) is 0 Å². The molecule has 4 nitrogen and oxygen atoms in total. The molecule has 1 atom stereocenters. The van der Waals surface area contributed by atoms with Gasteiger partial charge in [-0.3, -0.25) is 9.59 Å². The van der Waals surface area contributed by atoms with Crippen molar-refractivity contribution in [1.29, 1.82) is 0 Å². The third-order valence-electron chi connectivity index (χ3n) is 4.53. The first-order valence-electron chi connectivity index (χ1n) is 9.43. The van der Waals surface area contributed by atoms with Gasteiger partial charge in [-0.15, -0.1) is 0 Å². The molecular weight excluding hydrogens is 369 g/mol. The first kappa shape index (κ1) is 20.3. The standard InChI is InChI=1S/C24H22FNO3/c1-3-17-4-12-21(13-5-17)26-24(28)16(2)29-22-14-8-19(9-15-22)23(27)18-6-10-20(25)11-7-18/h4-16H,3H2,1-2H3,(H,26,28)/t16-/m1/s1. The fourth-order valence-corrected chi connectivity index (χ4v) is 2.78. The maximum absolute atomic E-state index is 13.0. The van der Waals surface area contributed by atoms with Crippen molar-refractivity contribution >= 4 is 17.4 Å². The first-order chi connectivity index (χ1) is 14.0. The summed E-state index contributed by atoms with van der Waals surface area (Å²) in [6, 6.07) is 19.6. The van der Waals surface area contributed by atoms with Crippen LogP contribution in [0.25, 0.3) is 0 Å². The number of nitrogens with one attached hydrogen (secondary N) is 1. The molecule has 148 valence electrons. The number of rotatable bonds is 7. The molecule has 5 heteroatoms. The smallest absolute Gasteiger partial charge is 0.265 e. The zero-order valence-corrected chi connectivity index (χ0v) is 16.3. The quantitative estimate of drug-likeness (QED) is 0.575. The molecule has 0 aliphatic carbocycles. The van der Waals surface area contributed by atoms with Gasteiger partial charge in [0.2, 0.25) is 0 Å². The van der Waals surface area contributed by atoms with Crippen molar-refractivity contribution in [3.63, 3.8) is 0 Å². The summed E-state index contributed by atoms with van der Waals surface area (Å²) in [4.78, 5) is 24.8. The van der Waals surface area contributed by atoms with Crippen molar-refractivity contribution in [2.24, 2.45) is 0 Å². The van der Waals surface area contributed by atoms with Crippen molar-refractivity contribution in [3.8, 4) is 5.75 Å². The van der Waals surface area contributed by atoms with Gasteiger partial charge in [0.05, 0.1) is 0 Å². The van der Waals surface area contributed by atoms with Crippen LogP contribution in [-0.4, -0.2) is 17.8 Å². The average molecular weight is 391 g/mol. The van der Waals surface area contributed by atoms with Gasteiger partial charge in [-0.2, -0.15) is 0 Å². The summed E-state index contributed by atoms with van der Waals surface area (Å²) in [6.07, 6.45) is 0.229. The largest absolute Gasteiger partial charge is 0.481 e. The van der Waals surface area contributed by atoms with Crippen LogP contribution in [0, 0.1) is 5.82 Å². The molecular formula is C24H22FNO3. The third-order valence-corrected chi connectivity index (χ3v) is 4.53. The Balaban J connectivity index is 1.60. The van der Waals surface area contributed by atoms with E-state index in [4.69, 9.17) is 4.74 Å². The van der Waals surface area contributed by atoms with Crippen LogP contribution in [0.4, 0.5) is 10.1 Å². The van der Waals surface area contributed by atoms with Crippen molar-refractivity contribution in [2.75, 3.05) is 5.32 Å². The normalized spacial score (nSPS) is 11.6. The highest BCUT2D eigenvalue weighted by atomic mass is 19.1. The SMILES string of the molecule is CCc1ccc(NC(=O)[C@@H](C)Oc2ccc(C(=O)c3ccc(F)cc3)cc2)cc1. The van der Waals surface area contributed by atoms with Crippen LogP contribution in [0.5, 0.6) is 5.75 Å². The molecule has 0 aliphatic rings. The Morgan fingerprint density at radius 2 is 1.45 bits per heavy atom. The lowest BCUT2D eigenvalue weighted by Crippen LogP contribution is -2.30. The monoisotopic (exact) mass is 391 g/mol. The molecule has 0 spiro atoms. The zero-order valence-electron chi connectivity index (χ0n) is 16.3. The van der Waals surface area contributed by atoms with Crippen molar-refractivity contribution < 1.29 is 18.7 Å². The molecule has 0 saturated carbocycles. The van der Waals surface area contributed by atoms with E-state index in [9.17, 15) is 14.0 Å². The van der Waals surface area contributed by atoms with Gasteiger partial charge in [0.1, 0.15) is 11.6 Å². The predicted octanol–water partition coefficient (Wildman–Crippen LogP) is 5.03. The van der Waals surface area contributed by atoms with E-state index in [0.717, 1.165) is 6.42 Å². The summed E-state index contributed by atoms with van der Waals surface area (Å²) in [5.74, 6) is -0.387. The van der Waals surface area contributed by atoms with Crippen LogP contribution in [0.3, 0.4) is 0 Å². The molecule has 0 radical (unpaired) electrons. The summed E-state index contributed by atoms with van der Waals surface area (Å²) in [5.41, 5.74) is 2.77. The molecule has 0 heterocycles. The molecule has 0 unspecified atom stereocenters. The lowest BCUT2D eigenvalue weighted by molar-refractivity contribution is -0.122. The fraction of sp³-hybridized carbons (Fsp3) is 0.167. The van der Waals surface area contributed by atoms with Crippen molar-refractivity contribution in [2.45, 2.75) is 26.4 Å². The summed E-state index contributed by atoms with van der Waals surface area (Å²) < 4.78 is 18.7. The molecule has 0 saturated heterocycles. The summed E-state index contributed by atoms with van der Waals surface area (Å²) in [6.45, 7) is 3.73. The van der Waals surface area contributed by atoms with Crippen molar-refractivity contribution in [3.05, 3.63) is 95.3 Å². The molecule has 3 aromatic carbocycles. The van der Waals surface area contributed by atoms with E-state index in [2.05, 4.69) is 12.2 Å². The minimum atomic E-state index is -0.709. The second-order valence-electron chi connectivity index (χ2n) is 6.66. The number of hydrogen-bond donors (Lipinski definition) is 1. The maximum Gasteiger partial charge on any atom is 0.265 e. The number of ether oxygens (including phenoxy) is 1. The number of benzene rings is 3. The van der Waals surface area contributed by atoms with Gasteiger partial charge in [-0.25, -0.2) is 4.39 Å². The highest BCUT2D eigenvalue weighted by Gasteiger charge is 2.16. The van der Waals surface area contributed by atoms with Crippen molar-refractivity contribution in [1.82, 2.24) is 0 Å². The molecule has 29 heavy (non-hydrogen) atoms. The van der Waals surface area contributed by atoms with E-state index in [1.807, 2.05) is 24.3 Å². The van der Waals surface area contributed by atoms with E-state index in [1.165, 1.54) is 29.8 Å². The Kier molecular flexibility index (Phi) is 6.39. The van der Waals surface area contributed by atoms with Crippen LogP contribution in [0.1, 0.15) is 35.3 Å². The predicted molar refractivity (Wildman–Crippen MR) is 111 cm³/mol. The molecule has 0 aromatic heterocycles. The lowest BCUT2D eigenvalue weighted by Gasteiger charge is -2.15. The van der Waals surface area contributed by atoms with Gasteiger partial charge in [-0.05, 0) is 79.6 Å². The number of anilines is 1. The molecule has 0 aliphatic heterocycles. The molecule has 1 amide bonds. The van der Waals surface area contributed by atoms with Gasteiger partial charge < -0.3 is 10.1 Å². The first-order valence-corrected chi connectivity index (χ1v) is 9.43.